The maximum Gasteiger partial charge on any atom is 0.191 e. The summed E-state index contributed by atoms with van der Waals surface area (Å²) in [4.78, 5) is 9.00. The van der Waals surface area contributed by atoms with Gasteiger partial charge in [-0.1, -0.05) is 24.3 Å². The zero-order chi connectivity index (χ0) is 20.1. The van der Waals surface area contributed by atoms with Gasteiger partial charge in [-0.25, -0.2) is 9.67 Å². The normalized spacial score (nSPS) is 11.3. The number of aliphatic imine (C=N–C) groups is 1. The summed E-state index contributed by atoms with van der Waals surface area (Å²) in [6.45, 7) is 1.41. The number of nitrogens with zero attached hydrogens (tertiary/aromatic N) is 5. The Balaban J connectivity index is 0.00000256. The average Bonchev–Trinajstić information content (AvgIpc) is 3.40. The fourth-order valence-electron chi connectivity index (χ4n) is 3.30. The van der Waals surface area contributed by atoms with Crippen LogP contribution in [0.5, 0.6) is 0 Å². The molecule has 0 saturated heterocycles. The Kier molecular flexibility index (Phi) is 7.45. The second-order valence-electron chi connectivity index (χ2n) is 6.80. The molecule has 30 heavy (non-hydrogen) atoms. The molecule has 0 aliphatic heterocycles. The highest BCUT2D eigenvalue weighted by Gasteiger charge is 2.07. The fourth-order valence-corrected chi connectivity index (χ4v) is 3.30. The summed E-state index contributed by atoms with van der Waals surface area (Å²) in [5.74, 6) is 1.74. The smallest absolute Gasteiger partial charge is 0.191 e. The van der Waals surface area contributed by atoms with Gasteiger partial charge in [0.15, 0.2) is 5.96 Å². The first kappa shape index (κ1) is 21.8. The third kappa shape index (κ3) is 4.99. The van der Waals surface area contributed by atoms with E-state index in [-0.39, 0.29) is 24.0 Å². The highest BCUT2D eigenvalue weighted by molar-refractivity contribution is 14.0. The van der Waals surface area contributed by atoms with Crippen molar-refractivity contribution in [1.82, 2.24) is 30.0 Å². The van der Waals surface area contributed by atoms with E-state index >= 15 is 0 Å². The van der Waals surface area contributed by atoms with Crippen LogP contribution in [0.4, 0.5) is 0 Å². The van der Waals surface area contributed by atoms with Gasteiger partial charge in [0.2, 0.25) is 0 Å². The molecule has 0 fully saturated rings. The first-order valence-corrected chi connectivity index (χ1v) is 9.68. The standard InChI is InChI=1S/C22H25N7.HI/c1-23-22(25-16-21-27-19-6-3-4-7-20(19)28(21)2)24-14-12-17-8-10-18(11-9-17)29-15-5-13-26-29;/h3-11,13,15H,12,14,16H2,1-2H3,(H2,23,24,25);1H. The molecule has 8 heteroatoms. The van der Waals surface area contributed by atoms with Crippen LogP contribution in [0.25, 0.3) is 16.7 Å². The van der Waals surface area contributed by atoms with Gasteiger partial charge in [-0.2, -0.15) is 5.10 Å². The Labute approximate surface area is 193 Å². The van der Waals surface area contributed by atoms with Crippen molar-refractivity contribution in [2.75, 3.05) is 13.6 Å². The fraction of sp³-hybridized carbons (Fsp3) is 0.227. The van der Waals surface area contributed by atoms with Crippen molar-refractivity contribution in [3.05, 3.63) is 78.4 Å². The molecular formula is C22H26IN7. The molecule has 0 radical (unpaired) electrons. The van der Waals surface area contributed by atoms with E-state index in [1.54, 1.807) is 13.2 Å². The number of benzene rings is 2. The van der Waals surface area contributed by atoms with Gasteiger partial charge >= 0.3 is 0 Å². The van der Waals surface area contributed by atoms with Gasteiger partial charge in [-0.05, 0) is 42.3 Å². The molecule has 7 nitrogen and oxygen atoms in total. The minimum Gasteiger partial charge on any atom is -0.356 e. The van der Waals surface area contributed by atoms with Gasteiger partial charge in [-0.3, -0.25) is 4.99 Å². The Morgan fingerprint density at radius 1 is 1.03 bits per heavy atom. The van der Waals surface area contributed by atoms with Gasteiger partial charge in [0.25, 0.3) is 0 Å². The van der Waals surface area contributed by atoms with Crippen LogP contribution in [-0.2, 0) is 20.0 Å². The van der Waals surface area contributed by atoms with Crippen LogP contribution >= 0.6 is 24.0 Å². The summed E-state index contributed by atoms with van der Waals surface area (Å²) in [6, 6.07) is 18.5. The summed E-state index contributed by atoms with van der Waals surface area (Å²) in [5.41, 5.74) is 4.46. The molecule has 0 aliphatic rings. The number of hydrogen-bond acceptors (Lipinski definition) is 3. The molecule has 2 aromatic carbocycles. The molecule has 0 aliphatic carbocycles. The van der Waals surface area contributed by atoms with Crippen LogP contribution in [0.3, 0.4) is 0 Å². The Hall–Kier alpha value is -2.88. The average molecular weight is 515 g/mol. The lowest BCUT2D eigenvalue weighted by Crippen LogP contribution is -2.38. The summed E-state index contributed by atoms with van der Waals surface area (Å²) in [5, 5.41) is 11.0. The van der Waals surface area contributed by atoms with E-state index in [4.69, 9.17) is 0 Å². The second kappa shape index (κ2) is 10.2. The number of aryl methyl sites for hydroxylation is 1. The maximum atomic E-state index is 4.69. The van der Waals surface area contributed by atoms with Crippen LogP contribution in [-0.4, -0.2) is 38.9 Å². The summed E-state index contributed by atoms with van der Waals surface area (Å²) < 4.78 is 3.96. The van der Waals surface area contributed by atoms with E-state index in [2.05, 4.69) is 60.6 Å². The van der Waals surface area contributed by atoms with Crippen LogP contribution in [0.15, 0.2) is 72.0 Å². The topological polar surface area (TPSA) is 72.1 Å². The Morgan fingerprint density at radius 2 is 1.83 bits per heavy atom. The monoisotopic (exact) mass is 515 g/mol. The Bertz CT molecular complexity index is 1100. The molecular weight excluding hydrogens is 489 g/mol. The number of rotatable bonds is 6. The SMILES string of the molecule is CN=C(NCCc1ccc(-n2cccn2)cc1)NCc1nc2ccccc2n1C.I. The van der Waals surface area contributed by atoms with Gasteiger partial charge in [0.1, 0.15) is 5.82 Å². The van der Waals surface area contributed by atoms with Crippen molar-refractivity contribution in [3.63, 3.8) is 0 Å². The molecule has 0 amide bonds. The van der Waals surface area contributed by atoms with Crippen molar-refractivity contribution in [1.29, 1.82) is 0 Å². The van der Waals surface area contributed by atoms with E-state index in [1.807, 2.05) is 42.2 Å². The lowest BCUT2D eigenvalue weighted by Gasteiger charge is -2.12. The van der Waals surface area contributed by atoms with Crippen molar-refractivity contribution in [3.8, 4) is 5.69 Å². The number of para-hydroxylation sites is 2. The van der Waals surface area contributed by atoms with Crippen molar-refractivity contribution in [2.24, 2.45) is 12.0 Å². The number of halogens is 1. The van der Waals surface area contributed by atoms with Gasteiger partial charge in [0.05, 0.1) is 23.3 Å². The van der Waals surface area contributed by atoms with Gasteiger partial charge in [0, 0.05) is 33.0 Å². The maximum absolute atomic E-state index is 4.69. The summed E-state index contributed by atoms with van der Waals surface area (Å²) in [7, 11) is 3.82. The number of hydrogen-bond donors (Lipinski definition) is 2. The first-order valence-electron chi connectivity index (χ1n) is 9.68. The largest absolute Gasteiger partial charge is 0.356 e. The van der Waals surface area contributed by atoms with Crippen LogP contribution < -0.4 is 10.6 Å². The van der Waals surface area contributed by atoms with E-state index in [9.17, 15) is 0 Å². The molecule has 2 heterocycles. The lowest BCUT2D eigenvalue weighted by molar-refractivity contribution is 0.734. The molecule has 0 bridgehead atoms. The molecule has 2 N–H and O–H groups in total. The Morgan fingerprint density at radius 3 is 2.53 bits per heavy atom. The predicted molar refractivity (Wildman–Crippen MR) is 132 cm³/mol. The third-order valence-electron chi connectivity index (χ3n) is 4.93. The van der Waals surface area contributed by atoms with Crippen molar-refractivity contribution < 1.29 is 0 Å². The quantitative estimate of drug-likeness (QED) is 0.235. The number of aromatic nitrogens is 4. The van der Waals surface area contributed by atoms with Crippen molar-refractivity contribution >= 4 is 41.0 Å². The molecule has 0 unspecified atom stereocenters. The van der Waals surface area contributed by atoms with Gasteiger partial charge < -0.3 is 15.2 Å². The van der Waals surface area contributed by atoms with Gasteiger partial charge in [-0.15, -0.1) is 24.0 Å². The highest BCUT2D eigenvalue weighted by Crippen LogP contribution is 2.14. The molecule has 0 spiro atoms. The molecule has 2 aromatic heterocycles. The molecule has 4 aromatic rings. The zero-order valence-corrected chi connectivity index (χ0v) is 19.4. The number of guanidine groups is 1. The number of nitrogens with one attached hydrogen (secondary N) is 2. The third-order valence-corrected chi connectivity index (χ3v) is 4.93. The summed E-state index contributed by atoms with van der Waals surface area (Å²) >= 11 is 0. The predicted octanol–water partition coefficient (Wildman–Crippen LogP) is 3.28. The minimum atomic E-state index is 0. The molecule has 156 valence electrons. The van der Waals surface area contributed by atoms with E-state index in [0.717, 1.165) is 41.5 Å². The minimum absolute atomic E-state index is 0. The number of imidazole rings is 1. The first-order chi connectivity index (χ1) is 14.2. The van der Waals surface area contributed by atoms with Crippen LogP contribution in [0.2, 0.25) is 0 Å². The molecule has 4 rings (SSSR count). The second-order valence-corrected chi connectivity index (χ2v) is 6.80. The zero-order valence-electron chi connectivity index (χ0n) is 17.1. The highest BCUT2D eigenvalue weighted by atomic mass is 127. The number of fused-ring (bicyclic) bond motifs is 1. The molecule has 0 atom stereocenters. The lowest BCUT2D eigenvalue weighted by atomic mass is 10.1. The van der Waals surface area contributed by atoms with Crippen molar-refractivity contribution in [2.45, 2.75) is 13.0 Å². The molecule has 0 saturated carbocycles. The van der Waals surface area contributed by atoms with Crippen LogP contribution in [0.1, 0.15) is 11.4 Å². The van der Waals surface area contributed by atoms with E-state index in [0.29, 0.717) is 6.54 Å². The summed E-state index contributed by atoms with van der Waals surface area (Å²) in [6.07, 6.45) is 4.63. The van der Waals surface area contributed by atoms with E-state index < -0.39 is 0 Å². The van der Waals surface area contributed by atoms with Crippen LogP contribution in [0, 0.1) is 0 Å². The van der Waals surface area contributed by atoms with E-state index in [1.165, 1.54) is 5.56 Å².